The van der Waals surface area contributed by atoms with Gasteiger partial charge in [-0.25, -0.2) is 0 Å². The number of unbranched alkanes of at least 4 members (excludes halogenated alkanes) is 1. The lowest BCUT2D eigenvalue weighted by Gasteiger charge is -2.09. The fraction of sp³-hybridized carbons (Fsp3) is 0.367. The van der Waals surface area contributed by atoms with Gasteiger partial charge in [0.2, 0.25) is 0 Å². The van der Waals surface area contributed by atoms with Gasteiger partial charge in [0, 0.05) is 17.3 Å². The molecule has 198 valence electrons. The average Bonchev–Trinajstić information content (AvgIpc) is 2.80. The molecule has 1 N–H and O–H groups in total. The molecule has 1 amide bonds. The molecule has 0 aliphatic carbocycles. The van der Waals surface area contributed by atoms with Crippen molar-refractivity contribution in [3.63, 3.8) is 0 Å². The number of alkyl halides is 3. The molecule has 0 radical (unpaired) electrons. The second-order valence-electron chi connectivity index (χ2n) is 8.28. The normalized spacial score (nSPS) is 14.5. The van der Waals surface area contributed by atoms with Gasteiger partial charge in [-0.1, -0.05) is 67.2 Å². The maximum absolute atomic E-state index is 12.4. The van der Waals surface area contributed by atoms with Crippen LogP contribution in [0.2, 0.25) is 0 Å². The highest BCUT2D eigenvalue weighted by Crippen LogP contribution is 2.24. The third-order valence-corrected chi connectivity index (χ3v) is 4.67. The third-order valence-electron chi connectivity index (χ3n) is 4.67. The number of halogens is 3. The minimum Gasteiger partial charge on any atom is -0.494 e. The van der Waals surface area contributed by atoms with Crippen LogP contribution in [-0.4, -0.2) is 18.7 Å². The Labute approximate surface area is 214 Å². The van der Waals surface area contributed by atoms with E-state index in [4.69, 9.17) is 4.74 Å². The molecule has 6 heteroatoms. The molecule has 0 saturated heterocycles. The van der Waals surface area contributed by atoms with Crippen LogP contribution in [0.3, 0.4) is 0 Å². The first-order valence-electron chi connectivity index (χ1n) is 12.0. The van der Waals surface area contributed by atoms with Crippen molar-refractivity contribution in [3.05, 3.63) is 107 Å². The van der Waals surface area contributed by atoms with Gasteiger partial charge in [-0.2, -0.15) is 13.2 Å². The summed E-state index contributed by atoms with van der Waals surface area (Å²) in [5.41, 5.74) is 1.63. The van der Waals surface area contributed by atoms with Gasteiger partial charge in [0.15, 0.2) is 0 Å². The van der Waals surface area contributed by atoms with Crippen LogP contribution in [0.4, 0.5) is 13.2 Å². The zero-order chi connectivity index (χ0) is 27.4. The van der Waals surface area contributed by atoms with Crippen molar-refractivity contribution in [1.29, 1.82) is 0 Å². The summed E-state index contributed by atoms with van der Waals surface area (Å²) < 4.78 is 43.2. The van der Waals surface area contributed by atoms with Gasteiger partial charge in [0.25, 0.3) is 5.91 Å². The van der Waals surface area contributed by atoms with E-state index in [0.717, 1.165) is 43.4 Å². The maximum atomic E-state index is 12.4. The van der Waals surface area contributed by atoms with Crippen LogP contribution in [0, 0.1) is 0 Å². The number of nitrogens with one attached hydrogen (secondary N) is 1. The van der Waals surface area contributed by atoms with Crippen molar-refractivity contribution >= 4 is 5.91 Å². The molecule has 0 spiro atoms. The molecule has 3 nitrogen and oxygen atoms in total. The molecule has 0 aliphatic rings. The number of allylic oxidation sites excluding steroid dienone is 15. The highest BCUT2D eigenvalue weighted by Gasteiger charge is 2.29. The molecule has 0 atom stereocenters. The van der Waals surface area contributed by atoms with E-state index in [1.54, 1.807) is 6.92 Å². The van der Waals surface area contributed by atoms with Crippen molar-refractivity contribution in [3.8, 4) is 0 Å². The van der Waals surface area contributed by atoms with Crippen molar-refractivity contribution in [2.24, 2.45) is 0 Å². The predicted octanol–water partition coefficient (Wildman–Crippen LogP) is 8.74. The SMILES string of the molecule is CC\C=C/C=C\C=C\CCCO/C(C=C(C)C)=C/C(C)=C(\C)C(=O)N/C=C/C=C\C=C(/C)C(F)(F)F. The lowest BCUT2D eigenvalue weighted by molar-refractivity contribution is -0.116. The van der Waals surface area contributed by atoms with E-state index in [1.165, 1.54) is 24.4 Å². The Balaban J connectivity index is 4.95. The number of ether oxygens (including phenoxy) is 1. The van der Waals surface area contributed by atoms with E-state index in [1.807, 2.05) is 57.2 Å². The predicted molar refractivity (Wildman–Crippen MR) is 145 cm³/mol. The second kappa shape index (κ2) is 19.0. The third kappa shape index (κ3) is 17.2. The van der Waals surface area contributed by atoms with Crippen molar-refractivity contribution in [1.82, 2.24) is 5.32 Å². The van der Waals surface area contributed by atoms with Crippen molar-refractivity contribution in [2.45, 2.75) is 67.0 Å². The first-order chi connectivity index (χ1) is 17.0. The lowest BCUT2D eigenvalue weighted by Crippen LogP contribution is -2.18. The van der Waals surface area contributed by atoms with E-state index in [0.29, 0.717) is 17.9 Å². The van der Waals surface area contributed by atoms with Gasteiger partial charge in [-0.05, 0) is 77.7 Å². The first kappa shape index (κ1) is 32.7. The number of hydrogen-bond acceptors (Lipinski definition) is 2. The second-order valence-corrected chi connectivity index (χ2v) is 8.28. The molecule has 0 aliphatic heterocycles. The Kier molecular flexibility index (Phi) is 17.2. The average molecular weight is 504 g/mol. The van der Waals surface area contributed by atoms with Crippen LogP contribution in [0.5, 0.6) is 0 Å². The molecular weight excluding hydrogens is 463 g/mol. The van der Waals surface area contributed by atoms with Gasteiger partial charge in [0.05, 0.1) is 6.61 Å². The smallest absolute Gasteiger partial charge is 0.412 e. The van der Waals surface area contributed by atoms with Crippen LogP contribution >= 0.6 is 0 Å². The molecule has 36 heavy (non-hydrogen) atoms. The quantitative estimate of drug-likeness (QED) is 0.111. The van der Waals surface area contributed by atoms with Gasteiger partial charge in [0.1, 0.15) is 5.76 Å². The Morgan fingerprint density at radius 3 is 2.11 bits per heavy atom. The van der Waals surface area contributed by atoms with Crippen LogP contribution < -0.4 is 5.32 Å². The van der Waals surface area contributed by atoms with Crippen LogP contribution in [0.1, 0.15) is 60.8 Å². The molecule has 0 aromatic heterocycles. The number of amides is 1. The van der Waals surface area contributed by atoms with Crippen LogP contribution in [-0.2, 0) is 9.53 Å². The fourth-order valence-electron chi connectivity index (χ4n) is 2.47. The van der Waals surface area contributed by atoms with E-state index in [-0.39, 0.29) is 5.91 Å². The largest absolute Gasteiger partial charge is 0.494 e. The highest BCUT2D eigenvalue weighted by molar-refractivity contribution is 5.94. The zero-order valence-corrected chi connectivity index (χ0v) is 22.3. The summed E-state index contributed by atoms with van der Waals surface area (Å²) in [7, 11) is 0. The molecule has 0 fully saturated rings. The van der Waals surface area contributed by atoms with Gasteiger partial charge in [-0.15, -0.1) is 0 Å². The summed E-state index contributed by atoms with van der Waals surface area (Å²) >= 11 is 0. The molecule has 0 bridgehead atoms. The summed E-state index contributed by atoms with van der Waals surface area (Å²) in [5, 5.41) is 2.61. The highest BCUT2D eigenvalue weighted by atomic mass is 19.4. The molecule has 0 rings (SSSR count). The minimum absolute atomic E-state index is 0.307. The summed E-state index contributed by atoms with van der Waals surface area (Å²) in [4.78, 5) is 12.4. The summed E-state index contributed by atoms with van der Waals surface area (Å²) in [6.45, 7) is 11.1. The van der Waals surface area contributed by atoms with E-state index < -0.39 is 11.7 Å². The first-order valence-corrected chi connectivity index (χ1v) is 12.0. The molecule has 0 aromatic carbocycles. The molecular formula is C30H40F3NO2. The summed E-state index contributed by atoms with van der Waals surface area (Å²) in [6.07, 6.45) is 20.9. The van der Waals surface area contributed by atoms with Crippen molar-refractivity contribution < 1.29 is 22.7 Å². The Bertz CT molecular complexity index is 949. The lowest BCUT2D eigenvalue weighted by atomic mass is 10.1. The summed E-state index contributed by atoms with van der Waals surface area (Å²) in [6, 6.07) is 0. The molecule has 0 heterocycles. The van der Waals surface area contributed by atoms with E-state index in [9.17, 15) is 18.0 Å². The number of rotatable bonds is 14. The van der Waals surface area contributed by atoms with Crippen molar-refractivity contribution in [2.75, 3.05) is 6.61 Å². The minimum atomic E-state index is -4.34. The van der Waals surface area contributed by atoms with Crippen LogP contribution in [0.25, 0.3) is 0 Å². The topological polar surface area (TPSA) is 38.3 Å². The summed E-state index contributed by atoms with van der Waals surface area (Å²) in [5.74, 6) is 0.373. The number of carbonyl (C=O) groups excluding carboxylic acids is 1. The fourth-order valence-corrected chi connectivity index (χ4v) is 2.47. The van der Waals surface area contributed by atoms with E-state index >= 15 is 0 Å². The van der Waals surface area contributed by atoms with Crippen LogP contribution in [0.15, 0.2) is 107 Å². The monoisotopic (exact) mass is 503 g/mol. The molecule has 0 unspecified atom stereocenters. The van der Waals surface area contributed by atoms with Gasteiger partial charge in [-0.3, -0.25) is 4.79 Å². The molecule has 0 aromatic rings. The Morgan fingerprint density at radius 2 is 1.50 bits per heavy atom. The van der Waals surface area contributed by atoms with Gasteiger partial charge < -0.3 is 10.1 Å². The van der Waals surface area contributed by atoms with Gasteiger partial charge >= 0.3 is 6.18 Å². The van der Waals surface area contributed by atoms with E-state index in [2.05, 4.69) is 24.4 Å². The molecule has 0 saturated carbocycles. The number of hydrogen-bond donors (Lipinski definition) is 1. The maximum Gasteiger partial charge on any atom is 0.412 e. The Hall–Kier alpha value is -3.28. The zero-order valence-electron chi connectivity index (χ0n) is 22.3. The number of carbonyl (C=O) groups is 1. The standard InChI is InChI=1S/C30H40F3NO2/c1-7-8-9-10-11-12-13-14-18-21-36-28(22-24(2)3)23-25(4)27(6)29(35)34-20-17-15-16-19-26(5)30(31,32)33/h8-13,15-17,19-20,22-23H,7,14,18,21H2,1-6H3,(H,34,35)/b9-8-,11-10-,13-12+,16-15-,20-17+,26-19+,27-25+,28-23+. The Morgan fingerprint density at radius 1 is 0.861 bits per heavy atom.